The molecule has 0 aliphatic heterocycles. The van der Waals surface area contributed by atoms with Crippen LogP contribution in [0.4, 0.5) is 0 Å². The van der Waals surface area contributed by atoms with Gasteiger partial charge in [-0.2, -0.15) is 0 Å². The first-order valence-corrected chi connectivity index (χ1v) is 7.57. The number of amides is 2. The number of hydrogen-bond donors (Lipinski definition) is 2. The lowest BCUT2D eigenvalue weighted by Crippen LogP contribution is -2.68. The first-order chi connectivity index (χ1) is 9.44. The summed E-state index contributed by atoms with van der Waals surface area (Å²) < 4.78 is 5.54. The van der Waals surface area contributed by atoms with Crippen molar-refractivity contribution in [2.45, 2.75) is 66.0 Å². The molecule has 5 heteroatoms. The Morgan fingerprint density at radius 1 is 1.24 bits per heavy atom. The zero-order valence-electron chi connectivity index (χ0n) is 14.4. The largest absolute Gasteiger partial charge is 0.378 e. The van der Waals surface area contributed by atoms with Crippen LogP contribution < -0.4 is 10.6 Å². The Bertz CT molecular complexity index is 412. The fourth-order valence-corrected chi connectivity index (χ4v) is 2.54. The van der Waals surface area contributed by atoms with Crippen LogP contribution in [0.15, 0.2) is 0 Å². The molecular weight excluding hydrogens is 268 g/mol. The Balaban J connectivity index is 2.35. The van der Waals surface area contributed by atoms with Crippen LogP contribution in [0.5, 0.6) is 0 Å². The first-order valence-electron chi connectivity index (χ1n) is 7.57. The fourth-order valence-electron chi connectivity index (χ4n) is 2.54. The average Bonchev–Trinajstić information content (AvgIpc) is 2.36. The molecule has 0 spiro atoms. The summed E-state index contributed by atoms with van der Waals surface area (Å²) >= 11 is 0. The van der Waals surface area contributed by atoms with Crippen molar-refractivity contribution in [1.29, 1.82) is 0 Å². The summed E-state index contributed by atoms with van der Waals surface area (Å²) in [6, 6.07) is 0.119. The minimum absolute atomic E-state index is 0.0274. The van der Waals surface area contributed by atoms with Crippen LogP contribution in [0.2, 0.25) is 0 Å². The normalized spacial score (nSPS) is 27.7. The van der Waals surface area contributed by atoms with E-state index in [1.807, 2.05) is 20.8 Å². The maximum absolute atomic E-state index is 12.0. The first kappa shape index (κ1) is 18.0. The van der Waals surface area contributed by atoms with Crippen molar-refractivity contribution in [2.75, 3.05) is 13.7 Å². The quantitative estimate of drug-likeness (QED) is 0.814. The number of carbonyl (C=O) groups is 2. The number of nitrogens with one attached hydrogen (secondary N) is 2. The summed E-state index contributed by atoms with van der Waals surface area (Å²) in [4.78, 5) is 23.7. The molecule has 0 radical (unpaired) electrons. The molecule has 2 N–H and O–H groups in total. The molecule has 0 heterocycles. The topological polar surface area (TPSA) is 67.4 Å². The minimum atomic E-state index is -0.424. The summed E-state index contributed by atoms with van der Waals surface area (Å²) in [6.45, 7) is 12.2. The van der Waals surface area contributed by atoms with Crippen LogP contribution in [-0.4, -0.2) is 37.1 Å². The van der Waals surface area contributed by atoms with Crippen LogP contribution in [0.1, 0.15) is 54.4 Å². The highest BCUT2D eigenvalue weighted by Gasteiger charge is 2.58. The monoisotopic (exact) mass is 298 g/mol. The van der Waals surface area contributed by atoms with Gasteiger partial charge in [0.05, 0.1) is 5.60 Å². The Hall–Kier alpha value is -1.10. The molecule has 1 aliphatic carbocycles. The lowest BCUT2D eigenvalue weighted by atomic mass is 9.56. The summed E-state index contributed by atoms with van der Waals surface area (Å²) in [5.41, 5.74) is -0.704. The molecule has 1 saturated carbocycles. The molecule has 122 valence electrons. The predicted octanol–water partition coefficient (Wildman–Crippen LogP) is 1.86. The van der Waals surface area contributed by atoms with Crippen LogP contribution in [0.3, 0.4) is 0 Å². The van der Waals surface area contributed by atoms with E-state index >= 15 is 0 Å². The minimum Gasteiger partial charge on any atom is -0.378 e. The van der Waals surface area contributed by atoms with Gasteiger partial charge < -0.3 is 15.4 Å². The average molecular weight is 298 g/mol. The molecule has 2 amide bonds. The Kier molecular flexibility index (Phi) is 5.09. The zero-order chi connectivity index (χ0) is 16.5. The van der Waals surface area contributed by atoms with E-state index in [0.29, 0.717) is 13.0 Å². The van der Waals surface area contributed by atoms with Gasteiger partial charge in [0, 0.05) is 36.9 Å². The highest BCUT2D eigenvalue weighted by atomic mass is 16.5. The lowest BCUT2D eigenvalue weighted by molar-refractivity contribution is -0.182. The van der Waals surface area contributed by atoms with E-state index in [0.717, 1.165) is 6.42 Å². The standard InChI is InChI=1S/C16H30N2O3/c1-14(2,3)13(20)17-9-8-12(19)18-11-10-16(6,21-7)15(11,4)5/h11H,8-10H2,1-7H3,(H,17,20)(H,18,19)/t11-,16+/m0/s1. The molecule has 0 aromatic heterocycles. The van der Waals surface area contributed by atoms with Crippen molar-refractivity contribution >= 4 is 11.8 Å². The molecule has 1 aliphatic rings. The number of ether oxygens (including phenoxy) is 1. The maximum atomic E-state index is 12.0. The smallest absolute Gasteiger partial charge is 0.225 e. The molecule has 0 saturated heterocycles. The van der Waals surface area contributed by atoms with E-state index in [-0.39, 0.29) is 28.9 Å². The fraction of sp³-hybridized carbons (Fsp3) is 0.875. The number of rotatable bonds is 5. The van der Waals surface area contributed by atoms with Crippen molar-refractivity contribution in [3.05, 3.63) is 0 Å². The van der Waals surface area contributed by atoms with E-state index in [9.17, 15) is 9.59 Å². The molecule has 1 fully saturated rings. The van der Waals surface area contributed by atoms with Crippen LogP contribution in [-0.2, 0) is 14.3 Å². The Labute approximate surface area is 128 Å². The second kappa shape index (κ2) is 5.95. The van der Waals surface area contributed by atoms with Gasteiger partial charge in [0.1, 0.15) is 0 Å². The predicted molar refractivity (Wildman–Crippen MR) is 82.8 cm³/mol. The molecule has 0 aromatic rings. The number of methoxy groups -OCH3 is 1. The van der Waals surface area contributed by atoms with Gasteiger partial charge in [0.2, 0.25) is 11.8 Å². The third kappa shape index (κ3) is 3.76. The number of hydrogen-bond acceptors (Lipinski definition) is 3. The van der Waals surface area contributed by atoms with Crippen molar-refractivity contribution in [3.8, 4) is 0 Å². The Morgan fingerprint density at radius 3 is 2.24 bits per heavy atom. The van der Waals surface area contributed by atoms with Crippen LogP contribution in [0, 0.1) is 10.8 Å². The number of carbonyl (C=O) groups excluding carboxylic acids is 2. The second-order valence-corrected chi connectivity index (χ2v) is 7.74. The molecule has 0 unspecified atom stereocenters. The van der Waals surface area contributed by atoms with Crippen molar-refractivity contribution in [3.63, 3.8) is 0 Å². The van der Waals surface area contributed by atoms with E-state index in [1.165, 1.54) is 0 Å². The van der Waals surface area contributed by atoms with Crippen molar-refractivity contribution in [2.24, 2.45) is 10.8 Å². The van der Waals surface area contributed by atoms with Crippen molar-refractivity contribution < 1.29 is 14.3 Å². The van der Waals surface area contributed by atoms with E-state index in [2.05, 4.69) is 31.4 Å². The molecule has 1 rings (SSSR count). The van der Waals surface area contributed by atoms with Crippen molar-refractivity contribution in [1.82, 2.24) is 10.6 Å². The molecule has 21 heavy (non-hydrogen) atoms. The molecule has 5 nitrogen and oxygen atoms in total. The highest BCUT2D eigenvalue weighted by Crippen LogP contribution is 2.51. The Morgan fingerprint density at radius 2 is 1.81 bits per heavy atom. The molecule has 0 bridgehead atoms. The SMILES string of the molecule is CO[C@]1(C)C[C@H](NC(=O)CCNC(=O)C(C)(C)C)C1(C)C. The van der Waals surface area contributed by atoms with Crippen LogP contribution >= 0.6 is 0 Å². The van der Waals surface area contributed by atoms with E-state index in [1.54, 1.807) is 7.11 Å². The van der Waals surface area contributed by atoms with E-state index < -0.39 is 5.41 Å². The van der Waals surface area contributed by atoms with Crippen LogP contribution in [0.25, 0.3) is 0 Å². The van der Waals surface area contributed by atoms with Gasteiger partial charge >= 0.3 is 0 Å². The third-order valence-corrected chi connectivity index (χ3v) is 4.93. The molecule has 0 aromatic carbocycles. The maximum Gasteiger partial charge on any atom is 0.225 e. The van der Waals surface area contributed by atoms with E-state index in [4.69, 9.17) is 4.74 Å². The summed E-state index contributed by atoms with van der Waals surface area (Å²) in [7, 11) is 1.71. The second-order valence-electron chi connectivity index (χ2n) is 7.74. The highest BCUT2D eigenvalue weighted by molar-refractivity contribution is 5.82. The molecular formula is C16H30N2O3. The van der Waals surface area contributed by atoms with Gasteiger partial charge in [-0.25, -0.2) is 0 Å². The van der Waals surface area contributed by atoms with Gasteiger partial charge in [-0.15, -0.1) is 0 Å². The molecule has 2 atom stereocenters. The van der Waals surface area contributed by atoms with Gasteiger partial charge in [0.25, 0.3) is 0 Å². The van der Waals surface area contributed by atoms with Gasteiger partial charge in [0.15, 0.2) is 0 Å². The van der Waals surface area contributed by atoms with Gasteiger partial charge in [-0.1, -0.05) is 34.6 Å². The third-order valence-electron chi connectivity index (χ3n) is 4.93. The van der Waals surface area contributed by atoms with Gasteiger partial charge in [-0.05, 0) is 13.3 Å². The summed E-state index contributed by atoms with van der Waals surface area (Å²) in [6.07, 6.45) is 1.12. The van der Waals surface area contributed by atoms with Gasteiger partial charge in [-0.3, -0.25) is 9.59 Å². The zero-order valence-corrected chi connectivity index (χ0v) is 14.4. The summed E-state index contributed by atoms with van der Waals surface area (Å²) in [5, 5.41) is 5.82. The summed E-state index contributed by atoms with van der Waals surface area (Å²) in [5.74, 6) is -0.0633. The lowest BCUT2D eigenvalue weighted by Gasteiger charge is -2.59.